The van der Waals surface area contributed by atoms with Crippen molar-refractivity contribution in [3.05, 3.63) is 64.2 Å². The van der Waals surface area contributed by atoms with Gasteiger partial charge in [-0.1, -0.05) is 17.7 Å². The van der Waals surface area contributed by atoms with Gasteiger partial charge in [0.2, 0.25) is 0 Å². The van der Waals surface area contributed by atoms with E-state index in [1.807, 2.05) is 12.1 Å². The minimum atomic E-state index is -1.11. The predicted molar refractivity (Wildman–Crippen MR) is 111 cm³/mol. The second-order valence-electron chi connectivity index (χ2n) is 7.92. The maximum absolute atomic E-state index is 14.3. The summed E-state index contributed by atoms with van der Waals surface area (Å²) in [6.45, 7) is 3.89. The number of piperidine rings is 1. The molecule has 2 aromatic carbocycles. The summed E-state index contributed by atoms with van der Waals surface area (Å²) in [6.07, 6.45) is 2.71. The molecule has 2 aromatic rings. The largest absolute Gasteiger partial charge is 0.330 e. The third-order valence-corrected chi connectivity index (χ3v) is 6.44. The minimum absolute atomic E-state index is 0.223. The monoisotopic (exact) mass is 419 g/mol. The van der Waals surface area contributed by atoms with Crippen LogP contribution in [0.3, 0.4) is 0 Å². The molecule has 1 saturated heterocycles. The van der Waals surface area contributed by atoms with E-state index in [1.165, 1.54) is 12.1 Å². The van der Waals surface area contributed by atoms with Crippen molar-refractivity contribution in [1.29, 1.82) is 0 Å². The Labute approximate surface area is 174 Å². The molecule has 0 aromatic heterocycles. The van der Waals surface area contributed by atoms with Crippen molar-refractivity contribution in [2.45, 2.75) is 24.7 Å². The highest BCUT2D eigenvalue weighted by Crippen LogP contribution is 2.48. The number of benzene rings is 2. The number of fused-ring (bicyclic) bond motifs is 2. The lowest BCUT2D eigenvalue weighted by atomic mass is 9.74. The van der Waals surface area contributed by atoms with Crippen LogP contribution in [0.1, 0.15) is 35.2 Å². The predicted octanol–water partition coefficient (Wildman–Crippen LogP) is 3.96. The normalized spacial score (nSPS) is 18.3. The molecule has 0 saturated carbocycles. The van der Waals surface area contributed by atoms with Crippen LogP contribution in [0, 0.1) is 11.6 Å². The van der Waals surface area contributed by atoms with Crippen LogP contribution in [0.5, 0.6) is 0 Å². The standard InChI is InChI=1S/C22H24ClF2N3O/c23-15-5-6-19-17(13-15)22(7-11-27(12-8-22)10-2-9-26)14-28(19)21(29)16-3-1-4-18(24)20(16)25/h1,3-6,13H,2,7-12,14,26H2. The second-order valence-corrected chi connectivity index (χ2v) is 8.35. The molecule has 0 radical (unpaired) electrons. The van der Waals surface area contributed by atoms with E-state index in [2.05, 4.69) is 4.90 Å². The lowest BCUT2D eigenvalue weighted by molar-refractivity contribution is 0.0971. The van der Waals surface area contributed by atoms with Crippen LogP contribution in [0.25, 0.3) is 0 Å². The highest BCUT2D eigenvalue weighted by molar-refractivity contribution is 6.30. The first-order valence-electron chi connectivity index (χ1n) is 9.93. The molecular formula is C22H24ClF2N3O. The zero-order chi connectivity index (χ0) is 20.6. The van der Waals surface area contributed by atoms with E-state index in [4.69, 9.17) is 17.3 Å². The van der Waals surface area contributed by atoms with E-state index in [9.17, 15) is 13.6 Å². The topological polar surface area (TPSA) is 49.6 Å². The molecule has 0 bridgehead atoms. The van der Waals surface area contributed by atoms with Gasteiger partial charge in [0.05, 0.1) is 5.56 Å². The summed E-state index contributed by atoms with van der Waals surface area (Å²) < 4.78 is 28.0. The Kier molecular flexibility index (Phi) is 5.60. The highest BCUT2D eigenvalue weighted by atomic mass is 35.5. The summed E-state index contributed by atoms with van der Waals surface area (Å²) in [4.78, 5) is 17.1. The van der Waals surface area contributed by atoms with Gasteiger partial charge in [-0.25, -0.2) is 8.78 Å². The molecule has 2 N–H and O–H groups in total. The quantitative estimate of drug-likeness (QED) is 0.816. The van der Waals surface area contributed by atoms with Crippen LogP contribution < -0.4 is 10.6 Å². The lowest BCUT2D eigenvalue weighted by Gasteiger charge is -2.40. The number of nitrogens with zero attached hydrogens (tertiary/aromatic N) is 2. The second kappa shape index (κ2) is 8.01. The van der Waals surface area contributed by atoms with E-state index < -0.39 is 17.5 Å². The van der Waals surface area contributed by atoms with E-state index in [1.54, 1.807) is 11.0 Å². The Bertz CT molecular complexity index is 928. The fraction of sp³-hybridized carbons (Fsp3) is 0.409. The summed E-state index contributed by atoms with van der Waals surface area (Å²) in [7, 11) is 0. The van der Waals surface area contributed by atoms with Gasteiger partial charge in [0.25, 0.3) is 5.91 Å². The number of amides is 1. The first-order chi connectivity index (χ1) is 13.9. The summed E-state index contributed by atoms with van der Waals surface area (Å²) in [5, 5.41) is 0.611. The first-order valence-corrected chi connectivity index (χ1v) is 10.3. The molecule has 4 rings (SSSR count). The molecule has 2 aliphatic heterocycles. The molecule has 0 atom stereocenters. The van der Waals surface area contributed by atoms with Crippen molar-refractivity contribution in [3.8, 4) is 0 Å². The van der Waals surface area contributed by atoms with Gasteiger partial charge in [-0.15, -0.1) is 0 Å². The molecule has 0 aliphatic carbocycles. The van der Waals surface area contributed by atoms with Crippen LogP contribution >= 0.6 is 11.6 Å². The third-order valence-electron chi connectivity index (χ3n) is 6.20. The van der Waals surface area contributed by atoms with Crippen molar-refractivity contribution >= 4 is 23.2 Å². The average molecular weight is 420 g/mol. The molecule has 1 fully saturated rings. The molecule has 2 heterocycles. The van der Waals surface area contributed by atoms with E-state index >= 15 is 0 Å². The number of rotatable bonds is 4. The Morgan fingerprint density at radius 2 is 1.93 bits per heavy atom. The van der Waals surface area contributed by atoms with Crippen molar-refractivity contribution in [2.24, 2.45) is 5.73 Å². The van der Waals surface area contributed by atoms with E-state index in [0.29, 0.717) is 18.1 Å². The fourth-order valence-corrected chi connectivity index (χ4v) is 4.76. The number of carbonyl (C=O) groups excluding carboxylic acids is 1. The molecule has 154 valence electrons. The number of hydrogen-bond donors (Lipinski definition) is 1. The Morgan fingerprint density at radius 3 is 2.66 bits per heavy atom. The van der Waals surface area contributed by atoms with Crippen LogP contribution in [0.4, 0.5) is 14.5 Å². The average Bonchev–Trinajstić information content (AvgIpc) is 3.03. The maximum atomic E-state index is 14.3. The molecular weight excluding hydrogens is 396 g/mol. The molecule has 7 heteroatoms. The third kappa shape index (κ3) is 3.65. The summed E-state index contributed by atoms with van der Waals surface area (Å²) in [6, 6.07) is 9.16. The number of likely N-dealkylation sites (tertiary alicyclic amines) is 1. The SMILES string of the molecule is NCCCN1CCC2(CC1)CN(C(=O)c1cccc(F)c1F)c1ccc(Cl)cc12. The zero-order valence-electron chi connectivity index (χ0n) is 16.1. The smallest absolute Gasteiger partial charge is 0.261 e. The lowest BCUT2D eigenvalue weighted by Crippen LogP contribution is -2.46. The summed E-state index contributed by atoms with van der Waals surface area (Å²) in [5.74, 6) is -2.65. The summed E-state index contributed by atoms with van der Waals surface area (Å²) in [5.41, 5.74) is 6.91. The van der Waals surface area contributed by atoms with Gasteiger partial charge in [-0.2, -0.15) is 0 Å². The molecule has 1 amide bonds. The number of nitrogens with two attached hydrogens (primary N) is 1. The number of carbonyl (C=O) groups is 1. The van der Waals surface area contributed by atoms with E-state index in [-0.39, 0.29) is 11.0 Å². The van der Waals surface area contributed by atoms with Crippen LogP contribution in [-0.4, -0.2) is 43.5 Å². The van der Waals surface area contributed by atoms with Gasteiger partial charge in [-0.05, 0) is 81.3 Å². The van der Waals surface area contributed by atoms with Crippen LogP contribution in [0.2, 0.25) is 5.02 Å². The Morgan fingerprint density at radius 1 is 1.17 bits per heavy atom. The van der Waals surface area contributed by atoms with Crippen molar-refractivity contribution in [3.63, 3.8) is 0 Å². The van der Waals surface area contributed by atoms with Gasteiger partial charge in [-0.3, -0.25) is 4.79 Å². The van der Waals surface area contributed by atoms with E-state index in [0.717, 1.165) is 56.2 Å². The highest BCUT2D eigenvalue weighted by Gasteiger charge is 2.46. The molecule has 1 spiro atoms. The van der Waals surface area contributed by atoms with Gasteiger partial charge in [0.1, 0.15) is 0 Å². The maximum Gasteiger partial charge on any atom is 0.261 e. The van der Waals surface area contributed by atoms with Crippen molar-refractivity contribution in [1.82, 2.24) is 4.90 Å². The molecule has 2 aliphatic rings. The van der Waals surface area contributed by atoms with Crippen molar-refractivity contribution < 1.29 is 13.6 Å². The van der Waals surface area contributed by atoms with Gasteiger partial charge in [0.15, 0.2) is 11.6 Å². The molecule has 0 unspecified atom stereocenters. The van der Waals surface area contributed by atoms with Gasteiger partial charge >= 0.3 is 0 Å². The fourth-order valence-electron chi connectivity index (χ4n) is 4.58. The number of hydrogen-bond acceptors (Lipinski definition) is 3. The van der Waals surface area contributed by atoms with Gasteiger partial charge < -0.3 is 15.5 Å². The minimum Gasteiger partial charge on any atom is -0.330 e. The zero-order valence-corrected chi connectivity index (χ0v) is 16.9. The van der Waals surface area contributed by atoms with Gasteiger partial charge in [0, 0.05) is 22.7 Å². The first kappa shape index (κ1) is 20.3. The van der Waals surface area contributed by atoms with Crippen molar-refractivity contribution in [2.75, 3.05) is 37.6 Å². The summed E-state index contributed by atoms with van der Waals surface area (Å²) >= 11 is 6.28. The van der Waals surface area contributed by atoms with Crippen LogP contribution in [0.15, 0.2) is 36.4 Å². The van der Waals surface area contributed by atoms with Crippen LogP contribution in [-0.2, 0) is 5.41 Å². The Hall–Kier alpha value is -2.02. The molecule has 29 heavy (non-hydrogen) atoms. The molecule has 4 nitrogen and oxygen atoms in total. The number of anilines is 1. The number of halogens is 3. The Balaban J connectivity index is 1.65.